The molecular weight excluding hydrogens is 319 g/mol. The summed E-state index contributed by atoms with van der Waals surface area (Å²) < 4.78 is 14.5. The van der Waals surface area contributed by atoms with E-state index in [1.165, 1.54) is 21.3 Å². The van der Waals surface area contributed by atoms with E-state index in [-0.39, 0.29) is 18.5 Å². The molecule has 0 saturated heterocycles. The minimum Gasteiger partial charge on any atom is -0.479 e. The lowest BCUT2D eigenvalue weighted by Gasteiger charge is -2.25. The SMILES string of the molecule is COC(CP(CC(OC)C(=O)O)CC(OC)C(=O)O)C(=O)O. The number of carbonyl (C=O) groups is 3. The number of carboxylic acid groups (broad SMARTS) is 3. The number of rotatable bonds is 12. The van der Waals surface area contributed by atoms with Crippen molar-refractivity contribution < 1.29 is 43.9 Å². The average molecular weight is 340 g/mol. The fourth-order valence-corrected chi connectivity index (χ4v) is 4.46. The maximum absolute atomic E-state index is 11.0. The molecule has 0 radical (unpaired) electrons. The van der Waals surface area contributed by atoms with Gasteiger partial charge in [0.05, 0.1) is 0 Å². The second-order valence-corrected chi connectivity index (χ2v) is 6.84. The second kappa shape index (κ2) is 10.4. The Labute approximate surface area is 128 Å². The minimum atomic E-state index is -1.31. The molecule has 3 unspecified atom stereocenters. The lowest BCUT2D eigenvalue weighted by Crippen LogP contribution is -2.34. The highest BCUT2D eigenvalue weighted by molar-refractivity contribution is 7.58. The van der Waals surface area contributed by atoms with Crippen molar-refractivity contribution in [3.8, 4) is 0 Å². The summed E-state index contributed by atoms with van der Waals surface area (Å²) in [6, 6.07) is 0. The zero-order valence-corrected chi connectivity index (χ0v) is 13.5. The Balaban J connectivity index is 5.07. The predicted octanol–water partition coefficient (Wildman–Crippen LogP) is -0.233. The van der Waals surface area contributed by atoms with Gasteiger partial charge in [-0.25, -0.2) is 14.4 Å². The summed E-state index contributed by atoms with van der Waals surface area (Å²) in [4.78, 5) is 33.1. The predicted molar refractivity (Wildman–Crippen MR) is 76.8 cm³/mol. The Hall–Kier alpha value is -1.28. The van der Waals surface area contributed by atoms with Crippen LogP contribution in [0.4, 0.5) is 0 Å². The number of ether oxygens (including phenoxy) is 3. The van der Waals surface area contributed by atoms with Crippen LogP contribution < -0.4 is 0 Å². The Morgan fingerprint density at radius 2 is 0.955 bits per heavy atom. The molecule has 0 bridgehead atoms. The van der Waals surface area contributed by atoms with E-state index in [1.54, 1.807) is 0 Å². The number of aliphatic carboxylic acids is 3. The van der Waals surface area contributed by atoms with Crippen molar-refractivity contribution in [2.45, 2.75) is 18.3 Å². The van der Waals surface area contributed by atoms with Crippen LogP contribution >= 0.6 is 7.92 Å². The van der Waals surface area contributed by atoms with Crippen LogP contribution in [0.1, 0.15) is 0 Å². The van der Waals surface area contributed by atoms with Crippen LogP contribution in [0.3, 0.4) is 0 Å². The highest BCUT2D eigenvalue weighted by Gasteiger charge is 2.30. The summed E-state index contributed by atoms with van der Waals surface area (Å²) in [5.74, 6) is -3.57. The molecule has 0 rings (SSSR count). The number of carboxylic acids is 3. The van der Waals surface area contributed by atoms with E-state index >= 15 is 0 Å². The van der Waals surface area contributed by atoms with Gasteiger partial charge in [-0.05, 0) is 0 Å². The van der Waals surface area contributed by atoms with E-state index in [0.717, 1.165) is 0 Å². The Morgan fingerprint density at radius 1 is 0.727 bits per heavy atom. The van der Waals surface area contributed by atoms with Gasteiger partial charge < -0.3 is 29.5 Å². The second-order valence-electron chi connectivity index (χ2n) is 4.41. The first-order chi connectivity index (χ1) is 10.3. The van der Waals surface area contributed by atoms with Crippen LogP contribution in [0.25, 0.3) is 0 Å². The van der Waals surface area contributed by atoms with Crippen LogP contribution in [0.5, 0.6) is 0 Å². The van der Waals surface area contributed by atoms with E-state index in [4.69, 9.17) is 29.5 Å². The molecule has 0 aromatic carbocycles. The molecule has 128 valence electrons. The third-order valence-corrected chi connectivity index (χ3v) is 5.50. The molecule has 0 aliphatic carbocycles. The van der Waals surface area contributed by atoms with E-state index in [0.29, 0.717) is 0 Å². The van der Waals surface area contributed by atoms with Gasteiger partial charge >= 0.3 is 17.9 Å². The topological polar surface area (TPSA) is 140 Å². The largest absolute Gasteiger partial charge is 0.479 e. The zero-order chi connectivity index (χ0) is 17.3. The number of hydrogen-bond acceptors (Lipinski definition) is 6. The molecule has 0 aromatic rings. The van der Waals surface area contributed by atoms with Crippen molar-refractivity contribution in [1.82, 2.24) is 0 Å². The molecule has 0 amide bonds. The first kappa shape index (κ1) is 20.7. The number of hydrogen-bond donors (Lipinski definition) is 3. The van der Waals surface area contributed by atoms with Gasteiger partial charge in [-0.3, -0.25) is 0 Å². The van der Waals surface area contributed by atoms with Crippen molar-refractivity contribution in [2.24, 2.45) is 0 Å². The highest BCUT2D eigenvalue weighted by Crippen LogP contribution is 2.39. The van der Waals surface area contributed by atoms with Gasteiger partial charge in [-0.15, -0.1) is 0 Å². The third-order valence-electron chi connectivity index (χ3n) is 2.95. The number of methoxy groups -OCH3 is 3. The quantitative estimate of drug-likeness (QED) is 0.411. The van der Waals surface area contributed by atoms with Crippen molar-refractivity contribution in [1.29, 1.82) is 0 Å². The van der Waals surface area contributed by atoms with Gasteiger partial charge in [0.1, 0.15) is 0 Å². The smallest absolute Gasteiger partial charge is 0.333 e. The van der Waals surface area contributed by atoms with Gasteiger partial charge in [0.15, 0.2) is 18.3 Å². The zero-order valence-electron chi connectivity index (χ0n) is 12.6. The molecule has 0 aliphatic rings. The Morgan fingerprint density at radius 3 is 1.09 bits per heavy atom. The molecular formula is C12H21O9P. The van der Waals surface area contributed by atoms with Gasteiger partial charge in [0.2, 0.25) is 0 Å². The lowest BCUT2D eigenvalue weighted by molar-refractivity contribution is -0.147. The molecule has 0 aromatic heterocycles. The monoisotopic (exact) mass is 340 g/mol. The van der Waals surface area contributed by atoms with E-state index in [2.05, 4.69) is 0 Å². The van der Waals surface area contributed by atoms with Crippen molar-refractivity contribution in [2.75, 3.05) is 39.8 Å². The molecule has 3 atom stereocenters. The molecule has 0 spiro atoms. The van der Waals surface area contributed by atoms with Crippen LogP contribution in [0, 0.1) is 0 Å². The summed E-state index contributed by atoms with van der Waals surface area (Å²) in [7, 11) is 2.36. The lowest BCUT2D eigenvalue weighted by atomic mass is 10.4. The molecule has 9 nitrogen and oxygen atoms in total. The van der Waals surface area contributed by atoms with E-state index in [1.807, 2.05) is 0 Å². The van der Waals surface area contributed by atoms with Crippen molar-refractivity contribution in [3.05, 3.63) is 0 Å². The molecule has 3 N–H and O–H groups in total. The Kier molecular flexibility index (Phi) is 9.84. The maximum atomic E-state index is 11.0. The van der Waals surface area contributed by atoms with Crippen LogP contribution in [0.2, 0.25) is 0 Å². The summed E-state index contributed by atoms with van der Waals surface area (Å²) in [5.41, 5.74) is 0. The molecule has 0 heterocycles. The van der Waals surface area contributed by atoms with Gasteiger partial charge in [-0.2, -0.15) is 0 Å². The first-order valence-corrected chi connectivity index (χ1v) is 8.15. The molecule has 0 fully saturated rings. The summed E-state index contributed by atoms with van der Waals surface area (Å²) in [6.07, 6.45) is -3.36. The first-order valence-electron chi connectivity index (χ1n) is 6.25. The standard InChI is InChI=1S/C12H21O9P/c1-19-7(10(13)14)4-22(5-8(20-2)11(15)16)6-9(21-3)12(17)18/h7-9H,4-6H2,1-3H3,(H,13,14)(H,15,16)(H,17,18). The van der Waals surface area contributed by atoms with Gasteiger partial charge in [0, 0.05) is 39.8 Å². The van der Waals surface area contributed by atoms with Crippen molar-refractivity contribution >= 4 is 25.8 Å². The molecule has 10 heteroatoms. The van der Waals surface area contributed by atoms with Crippen LogP contribution in [-0.4, -0.2) is 91.4 Å². The van der Waals surface area contributed by atoms with Gasteiger partial charge in [-0.1, -0.05) is 7.92 Å². The van der Waals surface area contributed by atoms with E-state index in [9.17, 15) is 14.4 Å². The van der Waals surface area contributed by atoms with Crippen LogP contribution in [-0.2, 0) is 28.6 Å². The molecule has 0 aliphatic heterocycles. The highest BCUT2D eigenvalue weighted by atomic mass is 31.1. The molecule has 22 heavy (non-hydrogen) atoms. The maximum Gasteiger partial charge on any atom is 0.333 e. The van der Waals surface area contributed by atoms with E-state index < -0.39 is 44.1 Å². The molecule has 0 saturated carbocycles. The summed E-state index contributed by atoms with van der Waals surface area (Å²) in [6.45, 7) is 0. The van der Waals surface area contributed by atoms with Crippen LogP contribution in [0.15, 0.2) is 0 Å². The third kappa shape index (κ3) is 7.13. The minimum absolute atomic E-state index is 0.0153. The fraction of sp³-hybridized carbons (Fsp3) is 0.750. The Bertz CT molecular complexity index is 330. The van der Waals surface area contributed by atoms with Crippen molar-refractivity contribution in [3.63, 3.8) is 0 Å². The summed E-state index contributed by atoms with van der Waals surface area (Å²) >= 11 is 0. The average Bonchev–Trinajstić information content (AvgIpc) is 2.45. The normalized spacial score (nSPS) is 16.5. The van der Waals surface area contributed by atoms with Gasteiger partial charge in [0.25, 0.3) is 0 Å². The summed E-state index contributed by atoms with van der Waals surface area (Å²) in [5, 5.41) is 27.0. The fourth-order valence-electron chi connectivity index (χ4n) is 1.69.